The van der Waals surface area contributed by atoms with Crippen molar-refractivity contribution in [3.8, 4) is 0 Å². The number of pyridine rings is 1. The molecule has 1 amide bonds. The molecule has 1 aromatic heterocycles. The van der Waals surface area contributed by atoms with E-state index >= 15 is 0 Å². The predicted molar refractivity (Wildman–Crippen MR) is 92.5 cm³/mol. The molecule has 134 valence electrons. The molecule has 24 heavy (non-hydrogen) atoms. The first-order chi connectivity index (χ1) is 11.1. The maximum Gasteiger partial charge on any atom is 0.263 e. The fourth-order valence-electron chi connectivity index (χ4n) is 3.08. The van der Waals surface area contributed by atoms with Crippen LogP contribution in [0.15, 0.2) is 16.9 Å². The molecular formula is C16H25N3O4S. The Morgan fingerprint density at radius 3 is 2.58 bits per heavy atom. The molecule has 7 nitrogen and oxygen atoms in total. The van der Waals surface area contributed by atoms with E-state index in [1.165, 1.54) is 21.2 Å². The lowest BCUT2D eigenvalue weighted by atomic mass is 9.98. The van der Waals surface area contributed by atoms with Crippen LogP contribution in [0.25, 0.3) is 0 Å². The molecule has 1 saturated heterocycles. The molecule has 0 radical (unpaired) electrons. The third-order valence-electron chi connectivity index (χ3n) is 4.65. The average molecular weight is 355 g/mol. The van der Waals surface area contributed by atoms with E-state index in [1.807, 2.05) is 6.92 Å². The molecule has 8 heteroatoms. The molecular weight excluding hydrogens is 330 g/mol. The molecule has 0 aliphatic carbocycles. The highest BCUT2D eigenvalue weighted by Crippen LogP contribution is 2.24. The number of carbonyl (C=O) groups is 1. The number of carbonyl (C=O) groups excluding carboxylic acids is 1. The van der Waals surface area contributed by atoms with E-state index in [2.05, 4.69) is 5.32 Å². The topological polar surface area (TPSA) is 88.5 Å². The van der Waals surface area contributed by atoms with Gasteiger partial charge in [-0.2, -0.15) is 4.31 Å². The summed E-state index contributed by atoms with van der Waals surface area (Å²) in [5.41, 5.74) is 0.498. The van der Waals surface area contributed by atoms with Crippen molar-refractivity contribution in [1.29, 1.82) is 0 Å². The van der Waals surface area contributed by atoms with Gasteiger partial charge in [0, 0.05) is 31.9 Å². The van der Waals surface area contributed by atoms with E-state index in [0.29, 0.717) is 6.54 Å². The van der Waals surface area contributed by atoms with Gasteiger partial charge in [0.2, 0.25) is 10.0 Å². The largest absolute Gasteiger partial charge is 0.347 e. The van der Waals surface area contributed by atoms with Gasteiger partial charge in [-0.15, -0.1) is 0 Å². The van der Waals surface area contributed by atoms with Gasteiger partial charge >= 0.3 is 0 Å². The van der Waals surface area contributed by atoms with Gasteiger partial charge in [-0.25, -0.2) is 8.42 Å². The Bertz CT molecular complexity index is 785. The molecule has 1 aliphatic heterocycles. The standard InChI is InChI=1S/C16H25N3O4S/c1-5-6-12-9-19(24(4,22)23)10-14(12)17-15(20)13-8-7-11(2)18(3)16(13)21/h7-8,12,14H,5-6,9-10H2,1-4H3,(H,17,20)/t12-,14-/m1/s1. The Balaban J connectivity index is 2.21. The van der Waals surface area contributed by atoms with Gasteiger partial charge in [-0.05, 0) is 31.4 Å². The number of hydrogen-bond acceptors (Lipinski definition) is 4. The second-order valence-corrected chi connectivity index (χ2v) is 8.44. The van der Waals surface area contributed by atoms with Crippen LogP contribution in [0, 0.1) is 12.8 Å². The van der Waals surface area contributed by atoms with Gasteiger partial charge in [0.05, 0.1) is 6.26 Å². The first kappa shape index (κ1) is 18.7. The van der Waals surface area contributed by atoms with Crippen LogP contribution in [0.3, 0.4) is 0 Å². The SMILES string of the molecule is CCC[C@@H]1CN(S(C)(=O)=O)C[C@H]1NC(=O)c1ccc(C)n(C)c1=O. The monoisotopic (exact) mass is 355 g/mol. The number of nitrogens with one attached hydrogen (secondary N) is 1. The Morgan fingerprint density at radius 2 is 2.00 bits per heavy atom. The quantitative estimate of drug-likeness (QED) is 0.832. The number of nitrogens with zero attached hydrogens (tertiary/aromatic N) is 2. The minimum Gasteiger partial charge on any atom is -0.347 e. The minimum atomic E-state index is -3.29. The van der Waals surface area contributed by atoms with Crippen molar-refractivity contribution in [3.05, 3.63) is 33.7 Å². The van der Waals surface area contributed by atoms with Crippen molar-refractivity contribution in [2.75, 3.05) is 19.3 Å². The lowest BCUT2D eigenvalue weighted by molar-refractivity contribution is 0.0927. The van der Waals surface area contributed by atoms with Gasteiger partial charge in [0.1, 0.15) is 5.56 Å². The van der Waals surface area contributed by atoms with Crippen LogP contribution in [0.2, 0.25) is 0 Å². The van der Waals surface area contributed by atoms with Crippen molar-refractivity contribution in [2.45, 2.75) is 32.7 Å². The van der Waals surface area contributed by atoms with Gasteiger partial charge in [0.15, 0.2) is 0 Å². The van der Waals surface area contributed by atoms with E-state index in [1.54, 1.807) is 20.0 Å². The number of hydrogen-bond donors (Lipinski definition) is 1. The predicted octanol–water partition coefficient (Wildman–Crippen LogP) is 0.484. The van der Waals surface area contributed by atoms with E-state index < -0.39 is 15.9 Å². The van der Waals surface area contributed by atoms with Crippen LogP contribution in [0.1, 0.15) is 35.8 Å². The van der Waals surface area contributed by atoms with Crippen LogP contribution in [-0.4, -0.2) is 48.6 Å². The lowest BCUT2D eigenvalue weighted by Crippen LogP contribution is -2.43. The van der Waals surface area contributed by atoms with E-state index in [-0.39, 0.29) is 29.6 Å². The minimum absolute atomic E-state index is 0.0583. The lowest BCUT2D eigenvalue weighted by Gasteiger charge is -2.19. The van der Waals surface area contributed by atoms with Crippen molar-refractivity contribution in [3.63, 3.8) is 0 Å². The third-order valence-corrected chi connectivity index (χ3v) is 5.89. The van der Waals surface area contributed by atoms with E-state index in [0.717, 1.165) is 18.5 Å². The van der Waals surface area contributed by atoms with E-state index in [9.17, 15) is 18.0 Å². The molecule has 1 aliphatic rings. The molecule has 0 bridgehead atoms. The fraction of sp³-hybridized carbons (Fsp3) is 0.625. The summed E-state index contributed by atoms with van der Waals surface area (Å²) in [6, 6.07) is 2.96. The summed E-state index contributed by atoms with van der Waals surface area (Å²) in [6.45, 7) is 4.48. The maximum absolute atomic E-state index is 12.5. The smallest absolute Gasteiger partial charge is 0.263 e. The maximum atomic E-state index is 12.5. The summed E-state index contributed by atoms with van der Waals surface area (Å²) in [5.74, 6) is -0.389. The first-order valence-electron chi connectivity index (χ1n) is 8.07. The summed E-state index contributed by atoms with van der Waals surface area (Å²) in [6.07, 6.45) is 2.90. The van der Waals surface area contributed by atoms with Crippen molar-refractivity contribution < 1.29 is 13.2 Å². The number of sulfonamides is 1. The van der Waals surface area contributed by atoms with Crippen LogP contribution in [-0.2, 0) is 17.1 Å². The van der Waals surface area contributed by atoms with Gasteiger partial charge in [-0.3, -0.25) is 9.59 Å². The number of amides is 1. The molecule has 0 aromatic carbocycles. The van der Waals surface area contributed by atoms with Gasteiger partial charge in [-0.1, -0.05) is 13.3 Å². The Kier molecular flexibility index (Phi) is 5.49. The summed E-state index contributed by atoms with van der Waals surface area (Å²) in [7, 11) is -1.67. The molecule has 2 atom stereocenters. The average Bonchev–Trinajstić information content (AvgIpc) is 2.88. The van der Waals surface area contributed by atoms with Crippen molar-refractivity contribution in [1.82, 2.24) is 14.2 Å². The van der Waals surface area contributed by atoms with Gasteiger partial charge in [0.25, 0.3) is 11.5 Å². The van der Waals surface area contributed by atoms with Crippen LogP contribution < -0.4 is 10.9 Å². The van der Waals surface area contributed by atoms with Crippen LogP contribution in [0.5, 0.6) is 0 Å². The molecule has 1 aromatic rings. The Labute approximate surface area is 142 Å². The zero-order valence-corrected chi connectivity index (χ0v) is 15.4. The van der Waals surface area contributed by atoms with Gasteiger partial charge < -0.3 is 9.88 Å². The highest BCUT2D eigenvalue weighted by Gasteiger charge is 2.37. The summed E-state index contributed by atoms with van der Waals surface area (Å²) in [5, 5.41) is 2.86. The number of aryl methyl sites for hydroxylation is 1. The van der Waals surface area contributed by atoms with Crippen molar-refractivity contribution >= 4 is 15.9 Å². The molecule has 0 unspecified atom stereocenters. The molecule has 1 N–H and O–H groups in total. The highest BCUT2D eigenvalue weighted by atomic mass is 32.2. The molecule has 0 saturated carbocycles. The van der Waals surface area contributed by atoms with E-state index in [4.69, 9.17) is 0 Å². The Morgan fingerprint density at radius 1 is 1.33 bits per heavy atom. The van der Waals surface area contributed by atoms with Crippen LogP contribution in [0.4, 0.5) is 0 Å². The summed E-state index contributed by atoms with van der Waals surface area (Å²) in [4.78, 5) is 24.7. The molecule has 1 fully saturated rings. The summed E-state index contributed by atoms with van der Waals surface area (Å²) >= 11 is 0. The second kappa shape index (κ2) is 7.06. The summed E-state index contributed by atoms with van der Waals surface area (Å²) < 4.78 is 26.4. The highest BCUT2D eigenvalue weighted by molar-refractivity contribution is 7.88. The van der Waals surface area contributed by atoms with Crippen molar-refractivity contribution in [2.24, 2.45) is 13.0 Å². The van der Waals surface area contributed by atoms with Crippen LogP contribution >= 0.6 is 0 Å². The normalized spacial score (nSPS) is 21.8. The molecule has 0 spiro atoms. The third kappa shape index (κ3) is 3.87. The number of rotatable bonds is 5. The zero-order valence-electron chi connectivity index (χ0n) is 14.6. The Hall–Kier alpha value is -1.67. The zero-order chi connectivity index (χ0) is 18.1. The second-order valence-electron chi connectivity index (χ2n) is 6.46. The molecule has 2 heterocycles. The fourth-order valence-corrected chi connectivity index (χ4v) is 3.97. The molecule has 2 rings (SSSR count). The first-order valence-corrected chi connectivity index (χ1v) is 9.92. The number of aromatic nitrogens is 1.